The van der Waals surface area contributed by atoms with E-state index in [9.17, 15) is 0 Å². The SMILES string of the molecule is COc1cc2c(Oc3cc(C)c(C)nc3-c3cccnc3)ccnc2cc1OCc1ccccc1. The van der Waals surface area contributed by atoms with E-state index in [1.165, 1.54) is 0 Å². The van der Waals surface area contributed by atoms with Crippen molar-refractivity contribution in [3.8, 4) is 34.3 Å². The maximum absolute atomic E-state index is 6.46. The van der Waals surface area contributed by atoms with Crippen LogP contribution in [0.2, 0.25) is 0 Å². The van der Waals surface area contributed by atoms with Gasteiger partial charge in [0.25, 0.3) is 0 Å². The molecule has 0 amide bonds. The molecular formula is C29H25N3O3. The summed E-state index contributed by atoms with van der Waals surface area (Å²) in [6.45, 7) is 4.44. The Morgan fingerprint density at radius 1 is 0.800 bits per heavy atom. The zero-order chi connectivity index (χ0) is 24.2. The second-order valence-electron chi connectivity index (χ2n) is 8.18. The molecule has 0 fully saturated rings. The van der Waals surface area contributed by atoms with E-state index in [0.29, 0.717) is 29.6 Å². The molecule has 3 heterocycles. The van der Waals surface area contributed by atoms with Gasteiger partial charge in [0.1, 0.15) is 18.1 Å². The molecule has 0 bridgehead atoms. The highest BCUT2D eigenvalue weighted by molar-refractivity contribution is 5.88. The van der Waals surface area contributed by atoms with Gasteiger partial charge in [0.15, 0.2) is 17.2 Å². The highest BCUT2D eigenvalue weighted by Crippen LogP contribution is 2.39. The van der Waals surface area contributed by atoms with E-state index in [0.717, 1.165) is 39.0 Å². The van der Waals surface area contributed by atoms with Crippen molar-refractivity contribution in [3.05, 3.63) is 102 Å². The van der Waals surface area contributed by atoms with Gasteiger partial charge in [0.05, 0.1) is 12.6 Å². The Hall–Kier alpha value is -4.45. The summed E-state index contributed by atoms with van der Waals surface area (Å²) in [5.74, 6) is 2.53. The molecule has 0 N–H and O–H groups in total. The van der Waals surface area contributed by atoms with Crippen molar-refractivity contribution in [3.63, 3.8) is 0 Å². The number of nitrogens with zero attached hydrogens (tertiary/aromatic N) is 3. The van der Waals surface area contributed by atoms with Crippen LogP contribution < -0.4 is 14.2 Å². The number of aromatic nitrogens is 3. The standard InChI is InChI=1S/C29H25N3O3/c1-19-14-28(29(32-20(19)2)22-10-7-12-30-17-22)35-25-11-13-31-24-16-27(26(33-3)15-23(24)25)34-18-21-8-5-4-6-9-21/h4-17H,18H2,1-3H3. The molecule has 0 saturated heterocycles. The Kier molecular flexibility index (Phi) is 6.26. The fourth-order valence-electron chi connectivity index (χ4n) is 3.81. The summed E-state index contributed by atoms with van der Waals surface area (Å²) in [4.78, 5) is 13.6. The largest absolute Gasteiger partial charge is 0.493 e. The van der Waals surface area contributed by atoms with Gasteiger partial charge >= 0.3 is 0 Å². The predicted octanol–water partition coefficient (Wildman–Crippen LogP) is 6.69. The minimum absolute atomic E-state index is 0.432. The lowest BCUT2D eigenvalue weighted by Gasteiger charge is -2.16. The van der Waals surface area contributed by atoms with Crippen molar-refractivity contribution in [1.29, 1.82) is 0 Å². The summed E-state index contributed by atoms with van der Waals surface area (Å²) in [5, 5.41) is 0.812. The van der Waals surface area contributed by atoms with Gasteiger partial charge in [-0.1, -0.05) is 30.3 Å². The van der Waals surface area contributed by atoms with Crippen molar-refractivity contribution >= 4 is 10.9 Å². The van der Waals surface area contributed by atoms with E-state index in [1.807, 2.05) is 80.6 Å². The van der Waals surface area contributed by atoms with Crippen molar-refractivity contribution in [2.75, 3.05) is 7.11 Å². The van der Waals surface area contributed by atoms with Gasteiger partial charge < -0.3 is 14.2 Å². The van der Waals surface area contributed by atoms with Crippen LogP contribution >= 0.6 is 0 Å². The third-order valence-corrected chi connectivity index (χ3v) is 5.81. The van der Waals surface area contributed by atoms with E-state index < -0.39 is 0 Å². The zero-order valence-electron chi connectivity index (χ0n) is 19.9. The molecule has 0 aliphatic carbocycles. The Morgan fingerprint density at radius 3 is 2.43 bits per heavy atom. The minimum atomic E-state index is 0.432. The fourth-order valence-corrected chi connectivity index (χ4v) is 3.81. The van der Waals surface area contributed by atoms with Crippen LogP contribution in [-0.2, 0) is 6.61 Å². The van der Waals surface area contributed by atoms with Crippen molar-refractivity contribution < 1.29 is 14.2 Å². The van der Waals surface area contributed by atoms with Gasteiger partial charge in [-0.3, -0.25) is 9.97 Å². The topological polar surface area (TPSA) is 66.4 Å². The number of pyridine rings is 3. The molecule has 5 rings (SSSR count). The van der Waals surface area contributed by atoms with E-state index in [2.05, 4.69) is 9.97 Å². The van der Waals surface area contributed by atoms with Crippen molar-refractivity contribution in [1.82, 2.24) is 15.0 Å². The number of fused-ring (bicyclic) bond motifs is 1. The average Bonchev–Trinajstić information content (AvgIpc) is 2.90. The van der Waals surface area contributed by atoms with Gasteiger partial charge in [-0.25, -0.2) is 4.98 Å². The summed E-state index contributed by atoms with van der Waals surface area (Å²) >= 11 is 0. The van der Waals surface area contributed by atoms with Gasteiger partial charge in [-0.2, -0.15) is 0 Å². The third-order valence-electron chi connectivity index (χ3n) is 5.81. The summed E-state index contributed by atoms with van der Waals surface area (Å²) in [7, 11) is 1.63. The van der Waals surface area contributed by atoms with Gasteiger partial charge in [-0.05, 0) is 55.3 Å². The van der Waals surface area contributed by atoms with Crippen molar-refractivity contribution in [2.45, 2.75) is 20.5 Å². The molecule has 6 heteroatoms. The van der Waals surface area contributed by atoms with Crippen molar-refractivity contribution in [2.24, 2.45) is 0 Å². The Bertz CT molecular complexity index is 1470. The van der Waals surface area contributed by atoms with Gasteiger partial charge in [-0.15, -0.1) is 0 Å². The number of ether oxygens (including phenoxy) is 3. The van der Waals surface area contributed by atoms with Crippen LogP contribution in [-0.4, -0.2) is 22.1 Å². The molecule has 3 aromatic heterocycles. The molecule has 0 saturated carbocycles. The quantitative estimate of drug-likeness (QED) is 0.268. The first-order valence-corrected chi connectivity index (χ1v) is 11.3. The zero-order valence-corrected chi connectivity index (χ0v) is 19.9. The first-order chi connectivity index (χ1) is 17.1. The molecule has 0 aliphatic rings. The molecule has 0 aliphatic heterocycles. The van der Waals surface area contributed by atoms with E-state index in [1.54, 1.807) is 25.7 Å². The van der Waals surface area contributed by atoms with Crippen LogP contribution in [0.3, 0.4) is 0 Å². The summed E-state index contributed by atoms with van der Waals surface area (Å²) in [6, 6.07) is 21.5. The Morgan fingerprint density at radius 2 is 1.66 bits per heavy atom. The number of rotatable bonds is 7. The van der Waals surface area contributed by atoms with Gasteiger partial charge in [0, 0.05) is 41.3 Å². The lowest BCUT2D eigenvalue weighted by molar-refractivity contribution is 0.285. The lowest BCUT2D eigenvalue weighted by atomic mass is 10.1. The summed E-state index contributed by atoms with van der Waals surface area (Å²) in [6.07, 6.45) is 5.25. The predicted molar refractivity (Wildman–Crippen MR) is 136 cm³/mol. The monoisotopic (exact) mass is 463 g/mol. The minimum Gasteiger partial charge on any atom is -0.493 e. The first kappa shape index (κ1) is 22.3. The molecule has 0 radical (unpaired) electrons. The maximum atomic E-state index is 6.46. The normalized spacial score (nSPS) is 10.8. The molecule has 35 heavy (non-hydrogen) atoms. The molecule has 0 unspecified atom stereocenters. The van der Waals surface area contributed by atoms with Crippen LogP contribution in [0.1, 0.15) is 16.8 Å². The number of methoxy groups -OCH3 is 1. The van der Waals surface area contributed by atoms with Crippen LogP contribution in [0.15, 0.2) is 85.3 Å². The van der Waals surface area contributed by atoms with Crippen LogP contribution in [0.5, 0.6) is 23.0 Å². The molecule has 174 valence electrons. The molecule has 5 aromatic rings. The Labute approximate surface area is 204 Å². The highest BCUT2D eigenvalue weighted by Gasteiger charge is 2.16. The third kappa shape index (κ3) is 4.77. The van der Waals surface area contributed by atoms with Crippen LogP contribution in [0.4, 0.5) is 0 Å². The van der Waals surface area contributed by atoms with E-state index >= 15 is 0 Å². The number of hydrogen-bond donors (Lipinski definition) is 0. The first-order valence-electron chi connectivity index (χ1n) is 11.3. The number of benzene rings is 2. The molecular weight excluding hydrogens is 438 g/mol. The Balaban J connectivity index is 1.53. The van der Waals surface area contributed by atoms with Gasteiger partial charge in [0.2, 0.25) is 0 Å². The molecule has 0 spiro atoms. The second-order valence-corrected chi connectivity index (χ2v) is 8.18. The molecule has 6 nitrogen and oxygen atoms in total. The number of aryl methyl sites for hydroxylation is 2. The summed E-state index contributed by atoms with van der Waals surface area (Å²) in [5.41, 5.74) is 5.42. The maximum Gasteiger partial charge on any atom is 0.163 e. The average molecular weight is 464 g/mol. The summed E-state index contributed by atoms with van der Waals surface area (Å²) < 4.78 is 18.2. The smallest absolute Gasteiger partial charge is 0.163 e. The number of hydrogen-bond acceptors (Lipinski definition) is 6. The highest BCUT2D eigenvalue weighted by atomic mass is 16.5. The fraction of sp³-hybridized carbons (Fsp3) is 0.138. The molecule has 2 aromatic carbocycles. The van der Waals surface area contributed by atoms with E-state index in [-0.39, 0.29) is 0 Å². The molecule has 0 atom stereocenters. The van der Waals surface area contributed by atoms with Crippen LogP contribution in [0, 0.1) is 13.8 Å². The van der Waals surface area contributed by atoms with Crippen LogP contribution in [0.25, 0.3) is 22.2 Å². The van der Waals surface area contributed by atoms with E-state index in [4.69, 9.17) is 19.2 Å². The lowest BCUT2D eigenvalue weighted by Crippen LogP contribution is -1.99. The second kappa shape index (κ2) is 9.81.